The number of benzene rings is 2. The molecule has 0 spiro atoms. The maximum absolute atomic E-state index is 12.4. The number of nitrogens with zero attached hydrogens (tertiary/aromatic N) is 2. The van der Waals surface area contributed by atoms with Gasteiger partial charge in [-0.3, -0.25) is 20.2 Å². The van der Waals surface area contributed by atoms with Crippen LogP contribution in [0.5, 0.6) is 0 Å². The first kappa shape index (κ1) is 17.2. The molecular formula is C17H12BrN3O3S. The Hall–Kier alpha value is -2.58. The van der Waals surface area contributed by atoms with Crippen LogP contribution in [0.25, 0.3) is 11.3 Å². The van der Waals surface area contributed by atoms with Crippen LogP contribution in [0.4, 0.5) is 10.8 Å². The maximum atomic E-state index is 12.4. The van der Waals surface area contributed by atoms with E-state index in [2.05, 4.69) is 26.2 Å². The minimum absolute atomic E-state index is 0.0178. The highest BCUT2D eigenvalue weighted by Crippen LogP contribution is 2.28. The van der Waals surface area contributed by atoms with Gasteiger partial charge in [0.1, 0.15) is 5.56 Å². The van der Waals surface area contributed by atoms with Crippen molar-refractivity contribution in [3.05, 3.63) is 73.6 Å². The second kappa shape index (κ2) is 7.12. The SMILES string of the molecule is Cc1cccc(C(=O)Nc2nc(-c3cccc(Br)c3)cs2)c1[N+](=O)[O-]. The third-order valence-corrected chi connectivity index (χ3v) is 4.76. The summed E-state index contributed by atoms with van der Waals surface area (Å²) in [6.45, 7) is 1.60. The molecule has 0 aliphatic carbocycles. The number of carbonyl (C=O) groups excluding carboxylic acids is 1. The average Bonchev–Trinajstić information content (AvgIpc) is 3.02. The van der Waals surface area contributed by atoms with Crippen LogP contribution >= 0.6 is 27.3 Å². The van der Waals surface area contributed by atoms with Crippen molar-refractivity contribution in [2.45, 2.75) is 6.92 Å². The smallest absolute Gasteiger partial charge is 0.285 e. The molecule has 0 radical (unpaired) electrons. The van der Waals surface area contributed by atoms with E-state index in [9.17, 15) is 14.9 Å². The van der Waals surface area contributed by atoms with Gasteiger partial charge in [-0.2, -0.15) is 0 Å². The Morgan fingerprint density at radius 3 is 2.76 bits per heavy atom. The van der Waals surface area contributed by atoms with Gasteiger partial charge in [-0.15, -0.1) is 11.3 Å². The van der Waals surface area contributed by atoms with Gasteiger partial charge in [-0.05, 0) is 25.1 Å². The molecule has 0 saturated carbocycles. The van der Waals surface area contributed by atoms with Gasteiger partial charge in [0.25, 0.3) is 11.6 Å². The first-order chi connectivity index (χ1) is 12.0. The van der Waals surface area contributed by atoms with Gasteiger partial charge < -0.3 is 0 Å². The van der Waals surface area contributed by atoms with Crippen LogP contribution in [0.15, 0.2) is 52.3 Å². The van der Waals surface area contributed by atoms with Gasteiger partial charge in [0, 0.05) is 21.0 Å². The van der Waals surface area contributed by atoms with Crippen molar-refractivity contribution in [3.63, 3.8) is 0 Å². The third-order valence-electron chi connectivity index (χ3n) is 3.51. The fourth-order valence-corrected chi connectivity index (χ4v) is 3.47. The van der Waals surface area contributed by atoms with Crippen LogP contribution in [0.3, 0.4) is 0 Å². The number of carbonyl (C=O) groups is 1. The van der Waals surface area contributed by atoms with Crippen molar-refractivity contribution < 1.29 is 9.72 Å². The molecular weight excluding hydrogens is 406 g/mol. The second-order valence-electron chi connectivity index (χ2n) is 5.23. The van der Waals surface area contributed by atoms with Gasteiger partial charge in [0.2, 0.25) is 0 Å². The number of nitro groups is 1. The molecule has 0 aliphatic heterocycles. The van der Waals surface area contributed by atoms with E-state index in [1.54, 1.807) is 19.1 Å². The number of halogens is 1. The summed E-state index contributed by atoms with van der Waals surface area (Å²) < 4.78 is 0.930. The zero-order valence-electron chi connectivity index (χ0n) is 13.0. The molecule has 0 fully saturated rings. The highest BCUT2D eigenvalue weighted by Gasteiger charge is 2.23. The molecule has 1 heterocycles. The van der Waals surface area contributed by atoms with Crippen LogP contribution < -0.4 is 5.32 Å². The number of para-hydroxylation sites is 1. The van der Waals surface area contributed by atoms with Crippen molar-refractivity contribution >= 4 is 44.0 Å². The molecule has 1 aromatic heterocycles. The van der Waals surface area contributed by atoms with Crippen molar-refractivity contribution in [2.75, 3.05) is 5.32 Å². The van der Waals surface area contributed by atoms with Crippen LogP contribution in [-0.2, 0) is 0 Å². The number of nitrogens with one attached hydrogen (secondary N) is 1. The van der Waals surface area contributed by atoms with Crippen molar-refractivity contribution in [1.29, 1.82) is 0 Å². The number of hydrogen-bond donors (Lipinski definition) is 1. The van der Waals surface area contributed by atoms with Crippen LogP contribution in [0.2, 0.25) is 0 Å². The van der Waals surface area contributed by atoms with Gasteiger partial charge in [-0.1, -0.05) is 40.2 Å². The molecule has 0 unspecified atom stereocenters. The van der Waals surface area contributed by atoms with Crippen LogP contribution in [0, 0.1) is 17.0 Å². The van der Waals surface area contributed by atoms with E-state index in [1.165, 1.54) is 17.4 Å². The summed E-state index contributed by atoms with van der Waals surface area (Å²) in [5.74, 6) is -0.550. The summed E-state index contributed by atoms with van der Waals surface area (Å²) >= 11 is 4.67. The van der Waals surface area contributed by atoms with E-state index in [4.69, 9.17) is 0 Å². The number of thiazole rings is 1. The average molecular weight is 418 g/mol. The summed E-state index contributed by atoms with van der Waals surface area (Å²) in [7, 11) is 0. The Labute approximate surface area is 155 Å². The lowest BCUT2D eigenvalue weighted by atomic mass is 10.1. The maximum Gasteiger partial charge on any atom is 0.285 e. The van der Waals surface area contributed by atoms with E-state index in [-0.39, 0.29) is 11.3 Å². The summed E-state index contributed by atoms with van der Waals surface area (Å²) in [5.41, 5.74) is 1.90. The lowest BCUT2D eigenvalue weighted by Crippen LogP contribution is -2.14. The zero-order chi connectivity index (χ0) is 18.0. The molecule has 6 nitrogen and oxygen atoms in total. The fourth-order valence-electron chi connectivity index (χ4n) is 2.36. The Balaban J connectivity index is 1.86. The number of rotatable bonds is 4. The van der Waals surface area contributed by atoms with Crippen molar-refractivity contribution in [3.8, 4) is 11.3 Å². The van der Waals surface area contributed by atoms with Gasteiger partial charge >= 0.3 is 0 Å². The minimum Gasteiger partial charge on any atom is -0.298 e. The molecule has 3 aromatic rings. The van der Waals surface area contributed by atoms with Gasteiger partial charge in [-0.25, -0.2) is 4.98 Å². The number of aromatic nitrogens is 1. The molecule has 0 atom stereocenters. The molecule has 8 heteroatoms. The number of aryl methyl sites for hydroxylation is 1. The zero-order valence-corrected chi connectivity index (χ0v) is 15.4. The van der Waals surface area contributed by atoms with E-state index in [0.717, 1.165) is 15.7 Å². The normalized spacial score (nSPS) is 10.5. The van der Waals surface area contributed by atoms with Gasteiger partial charge in [0.15, 0.2) is 5.13 Å². The summed E-state index contributed by atoms with van der Waals surface area (Å²) in [6, 6.07) is 12.3. The molecule has 0 saturated heterocycles. The monoisotopic (exact) mass is 417 g/mol. The molecule has 1 amide bonds. The van der Waals surface area contributed by atoms with E-state index in [0.29, 0.717) is 10.7 Å². The van der Waals surface area contributed by atoms with Crippen molar-refractivity contribution in [1.82, 2.24) is 4.98 Å². The Bertz CT molecular complexity index is 971. The highest BCUT2D eigenvalue weighted by atomic mass is 79.9. The molecule has 2 aromatic carbocycles. The second-order valence-corrected chi connectivity index (χ2v) is 7.00. The predicted octanol–water partition coefficient (Wildman–Crippen LogP) is 5.04. The number of anilines is 1. The standard InChI is InChI=1S/C17H12BrN3O3S/c1-10-4-2-7-13(15(10)21(23)24)16(22)20-17-19-14(9-25-17)11-5-3-6-12(18)8-11/h2-9H,1H3,(H,19,20,22). The molecule has 25 heavy (non-hydrogen) atoms. The fraction of sp³-hybridized carbons (Fsp3) is 0.0588. The number of amides is 1. The van der Waals surface area contributed by atoms with Crippen LogP contribution in [-0.4, -0.2) is 15.8 Å². The number of hydrogen-bond acceptors (Lipinski definition) is 5. The summed E-state index contributed by atoms with van der Waals surface area (Å²) in [4.78, 5) is 27.5. The highest BCUT2D eigenvalue weighted by molar-refractivity contribution is 9.10. The van der Waals surface area contributed by atoms with E-state index >= 15 is 0 Å². The lowest BCUT2D eigenvalue weighted by Gasteiger charge is -2.05. The number of nitro benzene ring substituents is 1. The molecule has 0 bridgehead atoms. The predicted molar refractivity (Wildman–Crippen MR) is 101 cm³/mol. The van der Waals surface area contributed by atoms with E-state index < -0.39 is 10.8 Å². The summed E-state index contributed by atoms with van der Waals surface area (Å²) in [5, 5.41) is 16.1. The van der Waals surface area contributed by atoms with Crippen LogP contribution in [0.1, 0.15) is 15.9 Å². The molecule has 1 N–H and O–H groups in total. The quantitative estimate of drug-likeness (QED) is 0.475. The largest absolute Gasteiger partial charge is 0.298 e. The Morgan fingerprint density at radius 2 is 2.04 bits per heavy atom. The Morgan fingerprint density at radius 1 is 1.28 bits per heavy atom. The first-order valence-corrected chi connectivity index (χ1v) is 8.90. The Kier molecular flexibility index (Phi) is 4.91. The van der Waals surface area contributed by atoms with Gasteiger partial charge in [0.05, 0.1) is 10.6 Å². The van der Waals surface area contributed by atoms with E-state index in [1.807, 2.05) is 29.6 Å². The molecule has 3 rings (SSSR count). The first-order valence-electron chi connectivity index (χ1n) is 7.22. The lowest BCUT2D eigenvalue weighted by molar-refractivity contribution is -0.385. The molecule has 0 aliphatic rings. The topological polar surface area (TPSA) is 85.1 Å². The van der Waals surface area contributed by atoms with Crippen molar-refractivity contribution in [2.24, 2.45) is 0 Å². The minimum atomic E-state index is -0.550. The molecule has 126 valence electrons. The summed E-state index contributed by atoms with van der Waals surface area (Å²) in [6.07, 6.45) is 0. The third kappa shape index (κ3) is 3.75.